The molecule has 0 saturated heterocycles. The van der Waals surface area contributed by atoms with E-state index in [0.29, 0.717) is 0 Å². The number of nitrogens with two attached hydrogens (primary N) is 1. The van der Waals surface area contributed by atoms with Crippen molar-refractivity contribution < 1.29 is 4.74 Å². The second-order valence-electron chi connectivity index (χ2n) is 3.98. The molecular formula is C11H18N2O. The average molecular weight is 194 g/mol. The van der Waals surface area contributed by atoms with Crippen molar-refractivity contribution in [2.75, 3.05) is 7.11 Å². The predicted octanol–water partition coefficient (Wildman–Crippen LogP) is 1.38. The number of nitrogens with zero attached hydrogens (tertiary/aromatic N) is 1. The van der Waals surface area contributed by atoms with E-state index in [1.54, 1.807) is 13.3 Å². The second kappa shape index (κ2) is 4.53. The van der Waals surface area contributed by atoms with Gasteiger partial charge in [-0.2, -0.15) is 0 Å². The van der Waals surface area contributed by atoms with Crippen molar-refractivity contribution in [3.63, 3.8) is 0 Å². The molecule has 1 atom stereocenters. The van der Waals surface area contributed by atoms with E-state index in [2.05, 4.69) is 4.98 Å². The molecule has 3 nitrogen and oxygen atoms in total. The number of aromatic nitrogens is 1. The molecule has 1 rings (SSSR count). The Kier molecular flexibility index (Phi) is 3.61. The summed E-state index contributed by atoms with van der Waals surface area (Å²) in [7, 11) is 1.68. The lowest BCUT2D eigenvalue weighted by Crippen LogP contribution is -2.46. The molecule has 0 aliphatic rings. The first-order valence-electron chi connectivity index (χ1n) is 4.76. The maximum absolute atomic E-state index is 6.04. The molecule has 0 amide bonds. The van der Waals surface area contributed by atoms with Crippen LogP contribution in [0.4, 0.5) is 0 Å². The number of ether oxygens (including phenoxy) is 1. The molecule has 1 unspecified atom stereocenters. The minimum absolute atomic E-state index is 0.0169. The van der Waals surface area contributed by atoms with E-state index < -0.39 is 0 Å². The number of methoxy groups -OCH3 is 1. The summed E-state index contributed by atoms with van der Waals surface area (Å²) in [5, 5.41) is 0. The normalized spacial score (nSPS) is 14.0. The van der Waals surface area contributed by atoms with Gasteiger partial charge < -0.3 is 10.5 Å². The van der Waals surface area contributed by atoms with E-state index in [1.807, 2.05) is 32.2 Å². The fraction of sp³-hybridized carbons (Fsp3) is 0.545. The Balaban J connectivity index is 2.62. The van der Waals surface area contributed by atoms with Crippen molar-refractivity contribution in [3.8, 4) is 0 Å². The smallest absolute Gasteiger partial charge is 0.0776 e. The number of pyridine rings is 1. The Bertz CT molecular complexity index is 272. The van der Waals surface area contributed by atoms with Gasteiger partial charge in [-0.15, -0.1) is 0 Å². The lowest BCUT2D eigenvalue weighted by atomic mass is 9.94. The molecule has 2 N–H and O–H groups in total. The lowest BCUT2D eigenvalue weighted by Gasteiger charge is -2.30. The van der Waals surface area contributed by atoms with Crippen molar-refractivity contribution in [2.45, 2.75) is 31.9 Å². The van der Waals surface area contributed by atoms with Gasteiger partial charge in [0.15, 0.2) is 0 Å². The van der Waals surface area contributed by atoms with E-state index in [1.165, 1.54) is 0 Å². The Morgan fingerprint density at radius 2 is 2.29 bits per heavy atom. The van der Waals surface area contributed by atoms with Crippen LogP contribution >= 0.6 is 0 Å². The Morgan fingerprint density at radius 1 is 1.57 bits per heavy atom. The molecule has 1 aromatic heterocycles. The highest BCUT2D eigenvalue weighted by atomic mass is 16.5. The molecule has 1 aromatic rings. The van der Waals surface area contributed by atoms with E-state index in [-0.39, 0.29) is 11.6 Å². The van der Waals surface area contributed by atoms with Crippen LogP contribution in [0, 0.1) is 0 Å². The van der Waals surface area contributed by atoms with Gasteiger partial charge >= 0.3 is 0 Å². The lowest BCUT2D eigenvalue weighted by molar-refractivity contribution is 0.000790. The zero-order valence-corrected chi connectivity index (χ0v) is 9.03. The van der Waals surface area contributed by atoms with Gasteiger partial charge in [-0.25, -0.2) is 0 Å². The summed E-state index contributed by atoms with van der Waals surface area (Å²) in [5.74, 6) is 0. The third-order valence-electron chi connectivity index (χ3n) is 2.60. The highest BCUT2D eigenvalue weighted by molar-refractivity contribution is 5.11. The molecule has 3 heteroatoms. The third-order valence-corrected chi connectivity index (χ3v) is 2.60. The van der Waals surface area contributed by atoms with Crippen LogP contribution in [0.5, 0.6) is 0 Å². The summed E-state index contributed by atoms with van der Waals surface area (Å²) in [6, 6.07) is 3.93. The predicted molar refractivity (Wildman–Crippen MR) is 57.0 cm³/mol. The van der Waals surface area contributed by atoms with E-state index >= 15 is 0 Å². The highest BCUT2D eigenvalue weighted by Gasteiger charge is 2.25. The van der Waals surface area contributed by atoms with Crippen molar-refractivity contribution >= 4 is 0 Å². The molecule has 0 aliphatic carbocycles. The standard InChI is InChI=1S/C11H18N2O/c1-11(2,14-3)10(12)7-9-5-4-6-13-8-9/h4-6,8,10H,7,12H2,1-3H3. The van der Waals surface area contributed by atoms with E-state index in [4.69, 9.17) is 10.5 Å². The molecule has 78 valence electrons. The molecule has 14 heavy (non-hydrogen) atoms. The van der Waals surface area contributed by atoms with Gasteiger partial charge in [0.05, 0.1) is 5.60 Å². The zero-order valence-electron chi connectivity index (χ0n) is 9.03. The van der Waals surface area contributed by atoms with Gasteiger partial charge in [0.25, 0.3) is 0 Å². The van der Waals surface area contributed by atoms with Gasteiger partial charge in [0.2, 0.25) is 0 Å². The van der Waals surface area contributed by atoms with Gasteiger partial charge in [-0.1, -0.05) is 6.07 Å². The SMILES string of the molecule is COC(C)(C)C(N)Cc1cccnc1. The monoisotopic (exact) mass is 194 g/mol. The molecule has 0 radical (unpaired) electrons. The summed E-state index contributed by atoms with van der Waals surface area (Å²) in [5.41, 5.74) is 6.89. The first-order chi connectivity index (χ1) is 6.56. The number of hydrogen-bond acceptors (Lipinski definition) is 3. The Labute approximate surface area is 85.3 Å². The first kappa shape index (κ1) is 11.1. The Hall–Kier alpha value is -0.930. The van der Waals surface area contributed by atoms with Gasteiger partial charge in [-0.3, -0.25) is 4.98 Å². The Morgan fingerprint density at radius 3 is 2.79 bits per heavy atom. The average Bonchev–Trinajstić information content (AvgIpc) is 2.19. The quantitative estimate of drug-likeness (QED) is 0.787. The molecule has 0 bridgehead atoms. The number of hydrogen-bond donors (Lipinski definition) is 1. The minimum atomic E-state index is -0.296. The summed E-state index contributed by atoms with van der Waals surface area (Å²) in [6.07, 6.45) is 4.39. The van der Waals surface area contributed by atoms with Crippen molar-refractivity contribution in [1.82, 2.24) is 4.98 Å². The fourth-order valence-electron chi connectivity index (χ4n) is 1.17. The van der Waals surface area contributed by atoms with Crippen LogP contribution in [0.15, 0.2) is 24.5 Å². The van der Waals surface area contributed by atoms with Gasteiger partial charge in [0.1, 0.15) is 0 Å². The van der Waals surface area contributed by atoms with Gasteiger partial charge in [0, 0.05) is 25.5 Å². The highest BCUT2D eigenvalue weighted by Crippen LogP contribution is 2.15. The molecule has 0 saturated carbocycles. The van der Waals surface area contributed by atoms with Crippen molar-refractivity contribution in [2.24, 2.45) is 5.73 Å². The fourth-order valence-corrected chi connectivity index (χ4v) is 1.17. The van der Waals surface area contributed by atoms with Crippen LogP contribution in [0.1, 0.15) is 19.4 Å². The molecule has 1 heterocycles. The molecular weight excluding hydrogens is 176 g/mol. The molecule has 0 spiro atoms. The van der Waals surface area contributed by atoms with Crippen LogP contribution in [0.2, 0.25) is 0 Å². The van der Waals surface area contributed by atoms with Crippen LogP contribution in [-0.2, 0) is 11.2 Å². The molecule has 0 fully saturated rings. The van der Waals surface area contributed by atoms with Crippen LogP contribution in [0.3, 0.4) is 0 Å². The van der Waals surface area contributed by atoms with Gasteiger partial charge in [-0.05, 0) is 31.9 Å². The van der Waals surface area contributed by atoms with E-state index in [9.17, 15) is 0 Å². The topological polar surface area (TPSA) is 48.1 Å². The first-order valence-corrected chi connectivity index (χ1v) is 4.76. The van der Waals surface area contributed by atoms with E-state index in [0.717, 1.165) is 12.0 Å². The zero-order chi connectivity index (χ0) is 10.6. The van der Waals surface area contributed by atoms with Crippen LogP contribution in [0.25, 0.3) is 0 Å². The maximum Gasteiger partial charge on any atom is 0.0776 e. The summed E-state index contributed by atoms with van der Waals surface area (Å²) >= 11 is 0. The van der Waals surface area contributed by atoms with Crippen LogP contribution in [-0.4, -0.2) is 23.7 Å². The minimum Gasteiger partial charge on any atom is -0.377 e. The third kappa shape index (κ3) is 2.79. The maximum atomic E-state index is 6.04. The number of rotatable bonds is 4. The van der Waals surface area contributed by atoms with Crippen molar-refractivity contribution in [1.29, 1.82) is 0 Å². The molecule has 0 aromatic carbocycles. The van der Waals surface area contributed by atoms with Crippen molar-refractivity contribution in [3.05, 3.63) is 30.1 Å². The molecule has 0 aliphatic heterocycles. The second-order valence-corrected chi connectivity index (χ2v) is 3.98. The summed E-state index contributed by atoms with van der Waals surface area (Å²) in [6.45, 7) is 3.99. The largest absolute Gasteiger partial charge is 0.377 e. The summed E-state index contributed by atoms with van der Waals surface area (Å²) < 4.78 is 5.33. The van der Waals surface area contributed by atoms with Crippen LogP contribution < -0.4 is 5.73 Å². The summed E-state index contributed by atoms with van der Waals surface area (Å²) in [4.78, 5) is 4.05.